The number of rotatable bonds is 5. The van der Waals surface area contributed by atoms with Crippen molar-refractivity contribution in [3.8, 4) is 22.8 Å². The minimum atomic E-state index is -0.441. The SMILES string of the molecule is COc1cc(C=NNC(=O)c2cc(-c3ccc(Cl)cc3)n[nH]2)cc(Br)c1O. The van der Waals surface area contributed by atoms with Crippen LogP contribution in [0.1, 0.15) is 16.1 Å². The number of nitrogens with one attached hydrogen (secondary N) is 2. The molecule has 1 heterocycles. The maximum Gasteiger partial charge on any atom is 0.289 e. The number of halogens is 2. The van der Waals surface area contributed by atoms with Gasteiger partial charge in [0.2, 0.25) is 0 Å². The Bertz CT molecular complexity index is 1000. The molecule has 0 unspecified atom stereocenters. The zero-order valence-corrected chi connectivity index (χ0v) is 16.4. The first-order valence-corrected chi connectivity index (χ1v) is 8.86. The molecule has 0 bridgehead atoms. The number of hydrazone groups is 1. The van der Waals surface area contributed by atoms with E-state index < -0.39 is 5.91 Å². The summed E-state index contributed by atoms with van der Waals surface area (Å²) in [4.78, 5) is 12.2. The minimum Gasteiger partial charge on any atom is -0.503 e. The molecule has 1 amide bonds. The molecule has 1 aromatic heterocycles. The Kier molecular flexibility index (Phi) is 5.78. The number of carbonyl (C=O) groups is 1. The van der Waals surface area contributed by atoms with Crippen LogP contribution in [-0.2, 0) is 0 Å². The number of H-pyrrole nitrogens is 1. The van der Waals surface area contributed by atoms with Crippen molar-refractivity contribution in [3.63, 3.8) is 0 Å². The smallest absolute Gasteiger partial charge is 0.289 e. The van der Waals surface area contributed by atoms with E-state index in [4.69, 9.17) is 16.3 Å². The van der Waals surface area contributed by atoms with Crippen molar-refractivity contribution in [2.75, 3.05) is 7.11 Å². The number of phenols is 1. The number of hydrogen-bond donors (Lipinski definition) is 3. The van der Waals surface area contributed by atoms with Crippen LogP contribution in [0.25, 0.3) is 11.3 Å². The highest BCUT2D eigenvalue weighted by Crippen LogP contribution is 2.34. The fourth-order valence-corrected chi connectivity index (χ4v) is 2.84. The molecular formula is C18H14BrClN4O3. The van der Waals surface area contributed by atoms with Gasteiger partial charge in [0.25, 0.3) is 5.91 Å². The highest BCUT2D eigenvalue weighted by Gasteiger charge is 2.11. The molecule has 0 aliphatic rings. The quantitative estimate of drug-likeness (QED) is 0.405. The van der Waals surface area contributed by atoms with E-state index >= 15 is 0 Å². The van der Waals surface area contributed by atoms with Crippen LogP contribution in [0.3, 0.4) is 0 Å². The second-order valence-corrected chi connectivity index (χ2v) is 6.72. The maximum atomic E-state index is 12.2. The van der Waals surface area contributed by atoms with Crippen molar-refractivity contribution >= 4 is 39.7 Å². The number of carbonyl (C=O) groups excluding carboxylic acids is 1. The number of phenolic OH excluding ortho intramolecular Hbond substituents is 1. The molecule has 3 N–H and O–H groups in total. The van der Waals surface area contributed by atoms with Crippen LogP contribution in [0.2, 0.25) is 5.02 Å². The number of hydrogen-bond acceptors (Lipinski definition) is 5. The Morgan fingerprint density at radius 3 is 2.78 bits per heavy atom. The van der Waals surface area contributed by atoms with Crippen LogP contribution in [0.15, 0.2) is 52.0 Å². The summed E-state index contributed by atoms with van der Waals surface area (Å²) in [6.07, 6.45) is 1.43. The summed E-state index contributed by atoms with van der Waals surface area (Å²) >= 11 is 9.09. The third-order valence-electron chi connectivity index (χ3n) is 3.61. The van der Waals surface area contributed by atoms with Gasteiger partial charge in [0.1, 0.15) is 5.69 Å². The molecule has 0 saturated heterocycles. The number of benzene rings is 2. The highest BCUT2D eigenvalue weighted by molar-refractivity contribution is 9.10. The summed E-state index contributed by atoms with van der Waals surface area (Å²) in [6, 6.07) is 12.0. The van der Waals surface area contributed by atoms with Gasteiger partial charge in [-0.05, 0) is 51.8 Å². The first kappa shape index (κ1) is 18.9. The van der Waals surface area contributed by atoms with Crippen LogP contribution in [0.4, 0.5) is 0 Å². The van der Waals surface area contributed by atoms with Crippen molar-refractivity contribution < 1.29 is 14.6 Å². The lowest BCUT2D eigenvalue weighted by atomic mass is 10.1. The molecule has 2 aromatic carbocycles. The predicted molar refractivity (Wildman–Crippen MR) is 106 cm³/mol. The average molecular weight is 450 g/mol. The average Bonchev–Trinajstić information content (AvgIpc) is 3.15. The number of nitrogens with zero attached hydrogens (tertiary/aromatic N) is 2. The van der Waals surface area contributed by atoms with Gasteiger partial charge >= 0.3 is 0 Å². The van der Waals surface area contributed by atoms with Crippen LogP contribution in [0.5, 0.6) is 11.5 Å². The summed E-state index contributed by atoms with van der Waals surface area (Å²) in [5.74, 6) is -0.159. The summed E-state index contributed by atoms with van der Waals surface area (Å²) in [5, 5.41) is 21.1. The lowest BCUT2D eigenvalue weighted by Crippen LogP contribution is -2.18. The second-order valence-electron chi connectivity index (χ2n) is 5.43. The second kappa shape index (κ2) is 8.24. The van der Waals surface area contributed by atoms with Gasteiger partial charge in [0.05, 0.1) is 23.5 Å². The summed E-state index contributed by atoms with van der Waals surface area (Å²) < 4.78 is 5.52. The molecule has 0 aliphatic carbocycles. The summed E-state index contributed by atoms with van der Waals surface area (Å²) in [7, 11) is 1.45. The van der Waals surface area contributed by atoms with Gasteiger partial charge < -0.3 is 9.84 Å². The Morgan fingerprint density at radius 2 is 2.07 bits per heavy atom. The number of aromatic hydroxyl groups is 1. The van der Waals surface area contributed by atoms with E-state index in [2.05, 4.69) is 36.7 Å². The van der Waals surface area contributed by atoms with Crippen molar-refractivity contribution in [1.82, 2.24) is 15.6 Å². The van der Waals surface area contributed by atoms with Crippen LogP contribution in [-0.4, -0.2) is 34.5 Å². The number of methoxy groups -OCH3 is 1. The van der Waals surface area contributed by atoms with E-state index in [1.54, 1.807) is 30.3 Å². The zero-order chi connectivity index (χ0) is 19.4. The minimum absolute atomic E-state index is 0.00845. The highest BCUT2D eigenvalue weighted by atomic mass is 79.9. The van der Waals surface area contributed by atoms with Gasteiger partial charge in [-0.2, -0.15) is 10.2 Å². The molecule has 3 aromatic rings. The van der Waals surface area contributed by atoms with E-state index in [0.717, 1.165) is 5.56 Å². The van der Waals surface area contributed by atoms with E-state index in [9.17, 15) is 9.90 Å². The maximum absolute atomic E-state index is 12.2. The van der Waals surface area contributed by atoms with Crippen molar-refractivity contribution in [2.24, 2.45) is 5.10 Å². The van der Waals surface area contributed by atoms with Gasteiger partial charge in [-0.3, -0.25) is 9.89 Å². The van der Waals surface area contributed by atoms with Crippen LogP contribution in [0, 0.1) is 0 Å². The number of aromatic nitrogens is 2. The molecule has 9 heteroatoms. The molecule has 27 heavy (non-hydrogen) atoms. The van der Waals surface area contributed by atoms with Gasteiger partial charge in [-0.1, -0.05) is 23.7 Å². The summed E-state index contributed by atoms with van der Waals surface area (Å²) in [5.41, 5.74) is 4.76. The van der Waals surface area contributed by atoms with Crippen molar-refractivity contribution in [2.45, 2.75) is 0 Å². The molecule has 7 nitrogen and oxygen atoms in total. The number of amides is 1. The van der Waals surface area contributed by atoms with Gasteiger partial charge in [0, 0.05) is 10.6 Å². The van der Waals surface area contributed by atoms with E-state index in [1.165, 1.54) is 13.3 Å². The normalized spacial score (nSPS) is 10.9. The Morgan fingerprint density at radius 1 is 1.33 bits per heavy atom. The molecule has 0 aliphatic heterocycles. The third kappa shape index (κ3) is 4.47. The van der Waals surface area contributed by atoms with Gasteiger partial charge in [-0.15, -0.1) is 0 Å². The lowest BCUT2D eigenvalue weighted by Gasteiger charge is -2.06. The molecule has 0 spiro atoms. The van der Waals surface area contributed by atoms with E-state index in [1.807, 2.05) is 12.1 Å². The molecule has 3 rings (SSSR count). The number of ether oxygens (including phenoxy) is 1. The molecule has 0 fully saturated rings. The Balaban J connectivity index is 1.69. The lowest BCUT2D eigenvalue weighted by molar-refractivity contribution is 0.0950. The first-order chi connectivity index (χ1) is 13.0. The number of aromatic amines is 1. The van der Waals surface area contributed by atoms with Gasteiger partial charge in [0.15, 0.2) is 11.5 Å². The molecule has 0 saturated carbocycles. The van der Waals surface area contributed by atoms with Gasteiger partial charge in [-0.25, -0.2) is 5.43 Å². The summed E-state index contributed by atoms with van der Waals surface area (Å²) in [6.45, 7) is 0. The largest absolute Gasteiger partial charge is 0.503 e. The third-order valence-corrected chi connectivity index (χ3v) is 4.47. The van der Waals surface area contributed by atoms with Crippen molar-refractivity contribution in [1.29, 1.82) is 0 Å². The zero-order valence-electron chi connectivity index (χ0n) is 14.0. The monoisotopic (exact) mass is 448 g/mol. The fraction of sp³-hybridized carbons (Fsp3) is 0.0556. The fourth-order valence-electron chi connectivity index (χ4n) is 2.26. The Labute approximate surface area is 168 Å². The topological polar surface area (TPSA) is 99.6 Å². The molecule has 138 valence electrons. The predicted octanol–water partition coefficient (Wildman–Crippen LogP) is 3.97. The van der Waals surface area contributed by atoms with Crippen LogP contribution >= 0.6 is 27.5 Å². The standard InChI is InChI=1S/C18H14BrClN4O3/c1-27-16-7-10(6-13(19)17(16)25)9-21-24-18(26)15-8-14(22-23-15)11-2-4-12(20)5-3-11/h2-9,25H,1H3,(H,22,23)(H,24,26). The first-order valence-electron chi connectivity index (χ1n) is 7.69. The Hall–Kier alpha value is -2.84. The van der Waals surface area contributed by atoms with Crippen LogP contribution < -0.4 is 10.2 Å². The molecule has 0 radical (unpaired) electrons. The molecular weight excluding hydrogens is 436 g/mol. The van der Waals surface area contributed by atoms with E-state index in [0.29, 0.717) is 26.5 Å². The molecule has 0 atom stereocenters. The van der Waals surface area contributed by atoms with E-state index in [-0.39, 0.29) is 11.4 Å². The van der Waals surface area contributed by atoms with Crippen molar-refractivity contribution in [3.05, 3.63) is 63.2 Å².